The number of aliphatic imine (C=N–C) groups is 1. The Bertz CT molecular complexity index is 321. The molecule has 0 unspecified atom stereocenters. The number of allylic oxidation sites excluding steroid dienone is 2. The zero-order chi connectivity index (χ0) is 10.6. The van der Waals surface area contributed by atoms with Gasteiger partial charge in [0.15, 0.2) is 0 Å². The summed E-state index contributed by atoms with van der Waals surface area (Å²) >= 11 is 0. The molecule has 0 saturated carbocycles. The summed E-state index contributed by atoms with van der Waals surface area (Å²) in [6, 6.07) is 0. The van der Waals surface area contributed by atoms with Crippen LogP contribution >= 0.6 is 0 Å². The molecule has 68 valence electrons. The highest BCUT2D eigenvalue weighted by Crippen LogP contribution is 2.20. The highest BCUT2D eigenvalue weighted by atomic mass is 16.1. The van der Waals surface area contributed by atoms with Crippen LogP contribution in [0.15, 0.2) is 53.6 Å². The molecule has 0 aliphatic heterocycles. The third-order valence-electron chi connectivity index (χ3n) is 1.65. The molecule has 1 amide bonds. The van der Waals surface area contributed by atoms with Crippen LogP contribution < -0.4 is 0 Å². The second-order valence-corrected chi connectivity index (χ2v) is 2.68. The number of rotatable bonds is 4. The van der Waals surface area contributed by atoms with Gasteiger partial charge in [0, 0.05) is 5.57 Å². The lowest BCUT2D eigenvalue weighted by atomic mass is 9.97. The van der Waals surface area contributed by atoms with Crippen LogP contribution in [0.5, 0.6) is 0 Å². The van der Waals surface area contributed by atoms with E-state index in [2.05, 4.69) is 38.0 Å². The second kappa shape index (κ2) is 4.36. The summed E-state index contributed by atoms with van der Waals surface area (Å²) in [6.45, 7) is 19.5. The van der Waals surface area contributed by atoms with Crippen molar-refractivity contribution in [3.63, 3.8) is 0 Å². The number of hydrogen-bond donors (Lipinski definition) is 0. The molecule has 2 nitrogen and oxygen atoms in total. The number of nitrogens with zero attached hydrogens (tertiary/aromatic N) is 1. The van der Waals surface area contributed by atoms with Gasteiger partial charge in [-0.2, -0.15) is 0 Å². The lowest BCUT2D eigenvalue weighted by Gasteiger charge is -2.08. The summed E-state index contributed by atoms with van der Waals surface area (Å²) in [5.41, 5.74) is 2.04. The molecular weight excluding hydrogens is 162 g/mol. The van der Waals surface area contributed by atoms with Crippen LogP contribution in [-0.2, 0) is 4.79 Å². The third-order valence-corrected chi connectivity index (χ3v) is 1.65. The van der Waals surface area contributed by atoms with E-state index in [0.29, 0.717) is 11.1 Å². The summed E-state index contributed by atoms with van der Waals surface area (Å²) in [4.78, 5) is 14.3. The highest BCUT2D eigenvalue weighted by molar-refractivity contribution is 6.00. The van der Waals surface area contributed by atoms with Crippen molar-refractivity contribution in [2.75, 3.05) is 0 Å². The van der Waals surface area contributed by atoms with Crippen molar-refractivity contribution < 1.29 is 4.79 Å². The first-order valence-corrected chi connectivity index (χ1v) is 3.66. The van der Waals surface area contributed by atoms with Gasteiger partial charge < -0.3 is 0 Å². The first kappa shape index (κ1) is 11.3. The summed E-state index contributed by atoms with van der Waals surface area (Å²) in [7, 11) is 0. The zero-order valence-electron chi connectivity index (χ0n) is 7.89. The van der Waals surface area contributed by atoms with Gasteiger partial charge in [0.25, 0.3) is 5.91 Å². The van der Waals surface area contributed by atoms with Gasteiger partial charge in [0.2, 0.25) is 0 Å². The van der Waals surface area contributed by atoms with E-state index in [1.165, 1.54) is 0 Å². The standard InChI is InChI=1S/C11H13NO/c1-7(2)8(3)9(4)10(5)11(13)12-6/h1,3-6H2,2H3. The van der Waals surface area contributed by atoms with Crippen molar-refractivity contribution in [1.82, 2.24) is 0 Å². The SMILES string of the molecule is C=NC(=O)C(=C)C(=C)C(=C)C(=C)C. The molecule has 0 rings (SSSR count). The number of carbonyl (C=O) groups excluding carboxylic acids is 1. The van der Waals surface area contributed by atoms with E-state index >= 15 is 0 Å². The molecule has 0 saturated heterocycles. The quantitative estimate of drug-likeness (QED) is 0.366. The normalized spacial score (nSPS) is 8.69. The Morgan fingerprint density at radius 2 is 1.46 bits per heavy atom. The fourth-order valence-electron chi connectivity index (χ4n) is 0.664. The fraction of sp³-hybridized carbons (Fsp3) is 0.0909. The van der Waals surface area contributed by atoms with Crippen LogP contribution in [0.2, 0.25) is 0 Å². The average molecular weight is 175 g/mol. The van der Waals surface area contributed by atoms with E-state index in [1.54, 1.807) is 6.92 Å². The molecule has 0 N–H and O–H groups in total. The number of hydrogen-bond acceptors (Lipinski definition) is 1. The van der Waals surface area contributed by atoms with Crippen LogP contribution in [-0.4, -0.2) is 12.6 Å². The van der Waals surface area contributed by atoms with Crippen LogP contribution in [0.1, 0.15) is 6.92 Å². The van der Waals surface area contributed by atoms with Crippen LogP contribution in [0.25, 0.3) is 0 Å². The van der Waals surface area contributed by atoms with Crippen LogP contribution in [0, 0.1) is 0 Å². The van der Waals surface area contributed by atoms with Crippen molar-refractivity contribution in [2.45, 2.75) is 6.92 Å². The van der Waals surface area contributed by atoms with Crippen molar-refractivity contribution in [2.24, 2.45) is 4.99 Å². The maximum atomic E-state index is 11.0. The molecule has 0 bridgehead atoms. The Morgan fingerprint density at radius 1 is 1.00 bits per heavy atom. The molecule has 0 aromatic heterocycles. The van der Waals surface area contributed by atoms with E-state index in [9.17, 15) is 4.79 Å². The molecule has 0 radical (unpaired) electrons. The molecule has 0 aliphatic rings. The van der Waals surface area contributed by atoms with Crippen molar-refractivity contribution in [1.29, 1.82) is 0 Å². The predicted molar refractivity (Wildman–Crippen MR) is 56.8 cm³/mol. The summed E-state index contributed by atoms with van der Waals surface area (Å²) in [5, 5.41) is 0. The largest absolute Gasteiger partial charge is 0.276 e. The predicted octanol–water partition coefficient (Wildman–Crippen LogP) is 2.46. The zero-order valence-corrected chi connectivity index (χ0v) is 7.89. The summed E-state index contributed by atoms with van der Waals surface area (Å²) < 4.78 is 0. The van der Waals surface area contributed by atoms with Crippen molar-refractivity contribution in [3.8, 4) is 0 Å². The maximum Gasteiger partial charge on any atom is 0.276 e. The smallest absolute Gasteiger partial charge is 0.267 e. The molecule has 0 aromatic carbocycles. The Labute approximate surface area is 78.7 Å². The minimum Gasteiger partial charge on any atom is -0.267 e. The van der Waals surface area contributed by atoms with E-state index in [0.717, 1.165) is 5.57 Å². The molecule has 13 heavy (non-hydrogen) atoms. The minimum atomic E-state index is -0.479. The fourth-order valence-corrected chi connectivity index (χ4v) is 0.664. The molecule has 0 aromatic rings. The van der Waals surface area contributed by atoms with Crippen LogP contribution in [0.3, 0.4) is 0 Å². The Balaban J connectivity index is 4.73. The van der Waals surface area contributed by atoms with Gasteiger partial charge >= 0.3 is 0 Å². The van der Waals surface area contributed by atoms with Crippen LogP contribution in [0.4, 0.5) is 0 Å². The lowest BCUT2D eigenvalue weighted by Crippen LogP contribution is -2.01. The van der Waals surface area contributed by atoms with E-state index in [1.807, 2.05) is 0 Å². The first-order valence-electron chi connectivity index (χ1n) is 3.66. The van der Waals surface area contributed by atoms with E-state index in [4.69, 9.17) is 0 Å². The molecule has 2 heteroatoms. The number of carbonyl (C=O) groups is 1. The molecule has 0 fully saturated rings. The van der Waals surface area contributed by atoms with Gasteiger partial charge in [-0.3, -0.25) is 4.79 Å². The Morgan fingerprint density at radius 3 is 1.77 bits per heavy atom. The molecule has 0 spiro atoms. The molecule has 0 atom stereocenters. The van der Waals surface area contributed by atoms with Gasteiger partial charge in [-0.25, -0.2) is 4.99 Å². The van der Waals surface area contributed by atoms with Gasteiger partial charge in [0.05, 0.1) is 0 Å². The Kier molecular flexibility index (Phi) is 3.79. The van der Waals surface area contributed by atoms with Gasteiger partial charge in [-0.15, -0.1) is 0 Å². The van der Waals surface area contributed by atoms with E-state index in [-0.39, 0.29) is 5.57 Å². The number of amides is 1. The second-order valence-electron chi connectivity index (χ2n) is 2.68. The average Bonchev–Trinajstić information content (AvgIpc) is 2.12. The van der Waals surface area contributed by atoms with Gasteiger partial charge in [0.1, 0.15) is 0 Å². The monoisotopic (exact) mass is 175 g/mol. The Hall–Kier alpha value is -1.70. The topological polar surface area (TPSA) is 29.4 Å². The van der Waals surface area contributed by atoms with Crippen molar-refractivity contribution >= 4 is 12.6 Å². The third kappa shape index (κ3) is 2.67. The maximum absolute atomic E-state index is 11.0. The first-order chi connectivity index (χ1) is 5.91. The summed E-state index contributed by atoms with van der Waals surface area (Å²) in [5.74, 6) is -0.479. The van der Waals surface area contributed by atoms with Gasteiger partial charge in [-0.1, -0.05) is 31.9 Å². The molecule has 0 heterocycles. The highest BCUT2D eigenvalue weighted by Gasteiger charge is 2.11. The molecular formula is C11H13NO. The lowest BCUT2D eigenvalue weighted by molar-refractivity contribution is -0.114. The van der Waals surface area contributed by atoms with Crippen molar-refractivity contribution in [3.05, 3.63) is 48.6 Å². The molecule has 0 aliphatic carbocycles. The minimum absolute atomic E-state index is 0.211. The summed E-state index contributed by atoms with van der Waals surface area (Å²) in [6.07, 6.45) is 0. The van der Waals surface area contributed by atoms with Gasteiger partial charge in [-0.05, 0) is 24.8 Å². The van der Waals surface area contributed by atoms with E-state index < -0.39 is 5.91 Å².